The Hall–Kier alpha value is -3.64. The zero-order valence-corrected chi connectivity index (χ0v) is 22.9. The summed E-state index contributed by atoms with van der Waals surface area (Å²) in [7, 11) is -3.73. The molecule has 2 heterocycles. The van der Waals surface area contributed by atoms with Crippen LogP contribution >= 0.6 is 0 Å². The van der Waals surface area contributed by atoms with Crippen LogP contribution in [0.1, 0.15) is 46.4 Å². The second kappa shape index (κ2) is 11.6. The lowest BCUT2D eigenvalue weighted by Gasteiger charge is -2.35. The summed E-state index contributed by atoms with van der Waals surface area (Å²) in [6, 6.07) is 19.2. The Labute approximate surface area is 232 Å². The summed E-state index contributed by atoms with van der Waals surface area (Å²) in [5, 5.41) is 11.3. The van der Waals surface area contributed by atoms with Gasteiger partial charge in [0.05, 0.1) is 22.3 Å². The van der Waals surface area contributed by atoms with Gasteiger partial charge in [-0.3, -0.25) is 9.82 Å². The van der Waals surface area contributed by atoms with Crippen LogP contribution in [0.5, 0.6) is 0 Å². The molecule has 1 aliphatic heterocycles. The van der Waals surface area contributed by atoms with E-state index in [1.807, 2.05) is 6.07 Å². The SMILES string of the molecule is N.N.NC1CC(c2cc(Nc3ccc(S(=O)(=O)Nc4ccc5cn[nH]c5c4)cc3)cc(N3CCCCC3)c2)C1.[HH].[HH]. The summed E-state index contributed by atoms with van der Waals surface area (Å²) in [5.41, 5.74) is 11.8. The highest BCUT2D eigenvalue weighted by molar-refractivity contribution is 7.92. The maximum atomic E-state index is 13.0. The number of piperidine rings is 1. The molecule has 212 valence electrons. The van der Waals surface area contributed by atoms with E-state index in [4.69, 9.17) is 5.73 Å². The number of anilines is 4. The lowest BCUT2D eigenvalue weighted by molar-refractivity contribution is 0.351. The molecule has 2 aliphatic rings. The number of nitrogens with two attached hydrogens (primary N) is 1. The van der Waals surface area contributed by atoms with Gasteiger partial charge in [-0.1, -0.05) is 0 Å². The molecule has 0 unspecified atom stereocenters. The van der Waals surface area contributed by atoms with Crippen molar-refractivity contribution in [3.8, 4) is 0 Å². The van der Waals surface area contributed by atoms with Crippen LogP contribution in [-0.4, -0.2) is 37.7 Å². The van der Waals surface area contributed by atoms with Gasteiger partial charge in [-0.05, 0) is 104 Å². The van der Waals surface area contributed by atoms with Crippen molar-refractivity contribution in [3.05, 3.63) is 72.4 Å². The Bertz CT molecular complexity index is 1520. The average Bonchev–Trinajstić information content (AvgIpc) is 3.35. The molecule has 0 bridgehead atoms. The van der Waals surface area contributed by atoms with Gasteiger partial charge in [0.1, 0.15) is 0 Å². The van der Waals surface area contributed by atoms with Crippen molar-refractivity contribution in [2.75, 3.05) is 28.0 Å². The van der Waals surface area contributed by atoms with Crippen molar-refractivity contribution in [3.63, 3.8) is 0 Å². The summed E-state index contributed by atoms with van der Waals surface area (Å²) in [6.07, 6.45) is 7.49. The number of nitrogens with one attached hydrogen (secondary N) is 3. The second-order valence-corrected chi connectivity index (χ2v) is 11.9. The fourth-order valence-electron chi connectivity index (χ4n) is 5.31. The van der Waals surface area contributed by atoms with E-state index in [1.54, 1.807) is 42.6 Å². The van der Waals surface area contributed by atoms with Crippen molar-refractivity contribution in [2.45, 2.75) is 49.0 Å². The second-order valence-electron chi connectivity index (χ2n) is 10.2. The van der Waals surface area contributed by atoms with Crippen LogP contribution < -0.4 is 33.0 Å². The highest BCUT2D eigenvalue weighted by Gasteiger charge is 2.28. The van der Waals surface area contributed by atoms with Gasteiger partial charge in [0.25, 0.3) is 10.0 Å². The maximum absolute atomic E-state index is 13.0. The number of rotatable bonds is 7. The van der Waals surface area contributed by atoms with E-state index in [9.17, 15) is 8.42 Å². The molecule has 11 N–H and O–H groups in total. The first kappa shape index (κ1) is 28.4. The van der Waals surface area contributed by atoms with E-state index >= 15 is 0 Å². The van der Waals surface area contributed by atoms with Gasteiger partial charge in [-0.25, -0.2) is 8.42 Å². The standard InChI is InChI=1S/C28H32N6O2S.2H3N.2H2/c29-22-12-20(13-22)21-14-25(16-26(15-21)34-10-2-1-3-11-34)31-23-6-8-27(9-7-23)37(35,36)33-24-5-4-19-18-30-32-28(19)17-24;;;;/h4-9,14-18,20,22,31,33H,1-3,10-13,29H2,(H,30,32);2*1H3;2*1H. The smallest absolute Gasteiger partial charge is 0.261 e. The lowest BCUT2D eigenvalue weighted by Crippen LogP contribution is -2.35. The zero-order valence-electron chi connectivity index (χ0n) is 22.1. The van der Waals surface area contributed by atoms with E-state index in [0.29, 0.717) is 17.6 Å². The van der Waals surface area contributed by atoms with Crippen molar-refractivity contribution >= 4 is 43.7 Å². The fourth-order valence-corrected chi connectivity index (χ4v) is 6.36. The third-order valence-corrected chi connectivity index (χ3v) is 8.85. The number of nitrogens with zero attached hydrogens (tertiary/aromatic N) is 2. The number of benzene rings is 3. The molecular formula is C28H42N8O2S. The van der Waals surface area contributed by atoms with Crippen molar-refractivity contribution in [1.82, 2.24) is 22.5 Å². The summed E-state index contributed by atoms with van der Waals surface area (Å²) >= 11 is 0. The largest absolute Gasteiger partial charge is 0.371 e. The Morgan fingerprint density at radius 2 is 1.62 bits per heavy atom. The van der Waals surface area contributed by atoms with Crippen LogP contribution in [0.15, 0.2) is 71.8 Å². The van der Waals surface area contributed by atoms with Crippen LogP contribution in [0.25, 0.3) is 10.9 Å². The van der Waals surface area contributed by atoms with E-state index in [-0.39, 0.29) is 20.0 Å². The molecule has 0 spiro atoms. The lowest BCUT2D eigenvalue weighted by atomic mass is 9.76. The number of hydrogen-bond acceptors (Lipinski definition) is 8. The predicted octanol–water partition coefficient (Wildman–Crippen LogP) is 6.12. The summed E-state index contributed by atoms with van der Waals surface area (Å²) in [4.78, 5) is 2.67. The molecule has 1 saturated heterocycles. The van der Waals surface area contributed by atoms with Crippen LogP contribution in [-0.2, 0) is 10.0 Å². The molecule has 11 heteroatoms. The fraction of sp³-hybridized carbons (Fsp3) is 0.321. The molecule has 1 aliphatic carbocycles. The summed E-state index contributed by atoms with van der Waals surface area (Å²) in [6.45, 7) is 2.17. The minimum absolute atomic E-state index is 0. The number of sulfonamides is 1. The molecule has 6 rings (SSSR count). The number of aromatic amines is 1. The molecule has 1 saturated carbocycles. The molecule has 0 amide bonds. The molecule has 0 atom stereocenters. The quantitative estimate of drug-likeness (QED) is 0.158. The third kappa shape index (κ3) is 6.17. The number of aromatic nitrogens is 2. The van der Waals surface area contributed by atoms with Crippen LogP contribution in [0.2, 0.25) is 0 Å². The summed E-state index contributed by atoms with van der Waals surface area (Å²) < 4.78 is 28.6. The topological polar surface area (TPSA) is 186 Å². The van der Waals surface area contributed by atoms with Crippen molar-refractivity contribution in [1.29, 1.82) is 0 Å². The number of fused-ring (bicyclic) bond motifs is 1. The highest BCUT2D eigenvalue weighted by atomic mass is 32.2. The van der Waals surface area contributed by atoms with E-state index in [2.05, 4.69) is 43.3 Å². The minimum atomic E-state index is -3.73. The van der Waals surface area contributed by atoms with Gasteiger partial charge < -0.3 is 28.3 Å². The Kier molecular flexibility index (Phi) is 8.45. The molecular weight excluding hydrogens is 512 g/mol. The van der Waals surface area contributed by atoms with Gasteiger partial charge in [0.15, 0.2) is 0 Å². The highest BCUT2D eigenvalue weighted by Crippen LogP contribution is 2.39. The molecule has 3 aromatic carbocycles. The van der Waals surface area contributed by atoms with E-state index in [1.165, 1.54) is 30.5 Å². The first-order chi connectivity index (χ1) is 17.9. The molecule has 0 radical (unpaired) electrons. The minimum Gasteiger partial charge on any atom is -0.371 e. The molecule has 4 aromatic rings. The van der Waals surface area contributed by atoms with Gasteiger partial charge in [-0.15, -0.1) is 0 Å². The van der Waals surface area contributed by atoms with Crippen molar-refractivity contribution < 1.29 is 11.3 Å². The van der Waals surface area contributed by atoms with Crippen LogP contribution in [0, 0.1) is 0 Å². The third-order valence-electron chi connectivity index (χ3n) is 7.45. The number of H-pyrrole nitrogens is 1. The first-order valence-corrected chi connectivity index (χ1v) is 14.4. The zero-order chi connectivity index (χ0) is 25.4. The Balaban J connectivity index is 0.00000147. The monoisotopic (exact) mass is 554 g/mol. The first-order valence-electron chi connectivity index (χ1n) is 12.9. The van der Waals surface area contributed by atoms with E-state index in [0.717, 1.165) is 48.2 Å². The van der Waals surface area contributed by atoms with Crippen molar-refractivity contribution in [2.24, 2.45) is 5.73 Å². The molecule has 1 aromatic heterocycles. The molecule has 39 heavy (non-hydrogen) atoms. The predicted molar refractivity (Wildman–Crippen MR) is 163 cm³/mol. The Morgan fingerprint density at radius 3 is 2.33 bits per heavy atom. The molecule has 10 nitrogen and oxygen atoms in total. The normalized spacial score (nSPS) is 18.9. The van der Waals surface area contributed by atoms with Gasteiger partial charge in [0.2, 0.25) is 0 Å². The van der Waals surface area contributed by atoms with Crippen LogP contribution in [0.4, 0.5) is 22.7 Å². The number of hydrogen-bond donors (Lipinski definition) is 6. The van der Waals surface area contributed by atoms with Gasteiger partial charge >= 0.3 is 0 Å². The Morgan fingerprint density at radius 1 is 0.897 bits per heavy atom. The van der Waals surface area contributed by atoms with Crippen LogP contribution in [0.3, 0.4) is 0 Å². The van der Waals surface area contributed by atoms with E-state index < -0.39 is 10.0 Å². The molecule has 2 fully saturated rings. The maximum Gasteiger partial charge on any atom is 0.261 e. The average molecular weight is 555 g/mol. The van der Waals surface area contributed by atoms with Gasteiger partial charge in [-0.2, -0.15) is 5.10 Å². The summed E-state index contributed by atoms with van der Waals surface area (Å²) in [5.74, 6) is 0.500. The van der Waals surface area contributed by atoms with Gasteiger partial charge in [0, 0.05) is 44.4 Å².